The monoisotopic (exact) mass is 287 g/mol. The molecule has 112 valence electrons. The van der Waals surface area contributed by atoms with Crippen molar-refractivity contribution in [1.82, 2.24) is 15.1 Å². The Morgan fingerprint density at radius 2 is 2.14 bits per heavy atom. The second kappa shape index (κ2) is 6.72. The molecule has 0 amide bonds. The van der Waals surface area contributed by atoms with Gasteiger partial charge < -0.3 is 9.15 Å². The molecule has 0 radical (unpaired) electrons. The van der Waals surface area contributed by atoms with Crippen LogP contribution in [0, 0.1) is 12.8 Å². The van der Waals surface area contributed by atoms with Crippen LogP contribution in [0.15, 0.2) is 34.7 Å². The number of likely N-dealkylation sites (tertiary alicyclic amines) is 1. The molecule has 0 aliphatic carbocycles. The van der Waals surface area contributed by atoms with Crippen LogP contribution in [-0.2, 0) is 6.54 Å². The zero-order valence-electron chi connectivity index (χ0n) is 12.4. The second-order valence-electron chi connectivity index (χ2n) is 5.58. The third kappa shape index (κ3) is 4.04. The number of para-hydroxylation sites is 1. The Bertz CT molecular complexity index is 556. The quantitative estimate of drug-likeness (QED) is 0.846. The van der Waals surface area contributed by atoms with Crippen LogP contribution in [0.25, 0.3) is 0 Å². The van der Waals surface area contributed by atoms with Crippen molar-refractivity contribution in [2.24, 2.45) is 5.92 Å². The number of benzene rings is 1. The zero-order valence-corrected chi connectivity index (χ0v) is 12.4. The summed E-state index contributed by atoms with van der Waals surface area (Å²) >= 11 is 0. The molecule has 1 fully saturated rings. The summed E-state index contributed by atoms with van der Waals surface area (Å²) in [7, 11) is 0. The largest absolute Gasteiger partial charge is 0.493 e. The number of aryl methyl sites for hydroxylation is 1. The van der Waals surface area contributed by atoms with E-state index in [4.69, 9.17) is 9.15 Å². The van der Waals surface area contributed by atoms with Gasteiger partial charge >= 0.3 is 0 Å². The third-order valence-electron chi connectivity index (χ3n) is 3.76. The molecular formula is C16H21N3O2. The number of piperidine rings is 1. The summed E-state index contributed by atoms with van der Waals surface area (Å²) in [5.41, 5.74) is 0. The van der Waals surface area contributed by atoms with Crippen LogP contribution >= 0.6 is 0 Å². The first-order chi connectivity index (χ1) is 10.3. The number of hydrogen-bond acceptors (Lipinski definition) is 5. The Hall–Kier alpha value is -1.88. The van der Waals surface area contributed by atoms with Gasteiger partial charge in [0.1, 0.15) is 5.75 Å². The molecule has 5 heteroatoms. The van der Waals surface area contributed by atoms with Gasteiger partial charge in [-0.05, 0) is 31.5 Å². The molecule has 2 heterocycles. The number of hydrogen-bond donors (Lipinski definition) is 0. The lowest BCUT2D eigenvalue weighted by atomic mass is 9.99. The maximum absolute atomic E-state index is 5.87. The van der Waals surface area contributed by atoms with Gasteiger partial charge in [0, 0.05) is 19.4 Å². The molecule has 5 nitrogen and oxygen atoms in total. The minimum Gasteiger partial charge on any atom is -0.493 e. The molecule has 1 saturated heterocycles. The number of nitrogens with zero attached hydrogens (tertiary/aromatic N) is 3. The van der Waals surface area contributed by atoms with Crippen LogP contribution in [0.1, 0.15) is 24.6 Å². The molecule has 1 aliphatic rings. The van der Waals surface area contributed by atoms with E-state index < -0.39 is 0 Å². The Morgan fingerprint density at radius 3 is 2.90 bits per heavy atom. The molecule has 0 saturated carbocycles. The van der Waals surface area contributed by atoms with Gasteiger partial charge in [-0.1, -0.05) is 18.2 Å². The Morgan fingerprint density at radius 1 is 1.29 bits per heavy atom. The first-order valence-electron chi connectivity index (χ1n) is 7.49. The number of aromatic nitrogens is 2. The molecule has 3 rings (SSSR count). The fraction of sp³-hybridized carbons (Fsp3) is 0.500. The molecular weight excluding hydrogens is 266 g/mol. The van der Waals surface area contributed by atoms with Crippen molar-refractivity contribution in [3.63, 3.8) is 0 Å². The smallest absolute Gasteiger partial charge is 0.230 e. The Balaban J connectivity index is 1.49. The summed E-state index contributed by atoms with van der Waals surface area (Å²) in [6, 6.07) is 10.0. The Kier molecular flexibility index (Phi) is 4.50. The summed E-state index contributed by atoms with van der Waals surface area (Å²) in [4.78, 5) is 2.37. The van der Waals surface area contributed by atoms with Crippen molar-refractivity contribution in [2.75, 3.05) is 19.7 Å². The molecule has 0 bridgehead atoms. The summed E-state index contributed by atoms with van der Waals surface area (Å²) < 4.78 is 11.3. The second-order valence-corrected chi connectivity index (χ2v) is 5.58. The van der Waals surface area contributed by atoms with E-state index in [9.17, 15) is 0 Å². The predicted molar refractivity (Wildman–Crippen MR) is 79.0 cm³/mol. The third-order valence-corrected chi connectivity index (χ3v) is 3.76. The van der Waals surface area contributed by atoms with E-state index in [1.54, 1.807) is 0 Å². The number of ether oxygens (including phenoxy) is 1. The van der Waals surface area contributed by atoms with Crippen LogP contribution in [0.2, 0.25) is 0 Å². The predicted octanol–water partition coefficient (Wildman–Crippen LogP) is 2.67. The highest BCUT2D eigenvalue weighted by molar-refractivity contribution is 5.20. The summed E-state index contributed by atoms with van der Waals surface area (Å²) in [5, 5.41) is 7.95. The van der Waals surface area contributed by atoms with Gasteiger partial charge in [0.15, 0.2) is 0 Å². The molecule has 1 atom stereocenters. The lowest BCUT2D eigenvalue weighted by Gasteiger charge is -2.31. The minimum absolute atomic E-state index is 0.558. The van der Waals surface area contributed by atoms with E-state index >= 15 is 0 Å². The Labute approximate surface area is 124 Å². The maximum atomic E-state index is 5.87. The first-order valence-corrected chi connectivity index (χ1v) is 7.49. The highest BCUT2D eigenvalue weighted by Gasteiger charge is 2.22. The van der Waals surface area contributed by atoms with E-state index in [1.165, 1.54) is 12.8 Å². The molecule has 0 spiro atoms. The molecule has 1 aromatic heterocycles. The van der Waals surface area contributed by atoms with Gasteiger partial charge in [-0.2, -0.15) is 0 Å². The van der Waals surface area contributed by atoms with Gasteiger partial charge in [-0.3, -0.25) is 4.90 Å². The first kappa shape index (κ1) is 14.1. The lowest BCUT2D eigenvalue weighted by Crippen LogP contribution is -2.37. The van der Waals surface area contributed by atoms with Crippen LogP contribution in [0.5, 0.6) is 5.75 Å². The summed E-state index contributed by atoms with van der Waals surface area (Å²) in [5.74, 6) is 2.84. The standard InChI is InChI=1S/C16H21N3O2/c1-13-17-18-16(21-13)11-19-9-5-6-14(10-19)12-20-15-7-3-2-4-8-15/h2-4,7-8,14H,5-6,9-12H2,1H3. The van der Waals surface area contributed by atoms with Crippen molar-refractivity contribution >= 4 is 0 Å². The van der Waals surface area contributed by atoms with Gasteiger partial charge in [-0.25, -0.2) is 0 Å². The molecule has 1 aromatic carbocycles. The number of rotatable bonds is 5. The van der Waals surface area contributed by atoms with E-state index in [-0.39, 0.29) is 0 Å². The molecule has 21 heavy (non-hydrogen) atoms. The van der Waals surface area contributed by atoms with Crippen molar-refractivity contribution in [3.8, 4) is 5.75 Å². The van der Waals surface area contributed by atoms with Crippen molar-refractivity contribution < 1.29 is 9.15 Å². The topological polar surface area (TPSA) is 51.4 Å². The highest BCUT2D eigenvalue weighted by atomic mass is 16.5. The van der Waals surface area contributed by atoms with Gasteiger partial charge in [0.2, 0.25) is 11.8 Å². The van der Waals surface area contributed by atoms with Crippen molar-refractivity contribution in [2.45, 2.75) is 26.3 Å². The molecule has 1 aliphatic heterocycles. The molecule has 1 unspecified atom stereocenters. The van der Waals surface area contributed by atoms with Crippen LogP contribution < -0.4 is 4.74 Å². The van der Waals surface area contributed by atoms with E-state index in [1.807, 2.05) is 37.3 Å². The van der Waals surface area contributed by atoms with Crippen LogP contribution in [-0.4, -0.2) is 34.8 Å². The lowest BCUT2D eigenvalue weighted by molar-refractivity contribution is 0.117. The summed E-state index contributed by atoms with van der Waals surface area (Å²) in [6.45, 7) is 5.44. The molecule has 0 N–H and O–H groups in total. The van der Waals surface area contributed by atoms with Crippen molar-refractivity contribution in [1.29, 1.82) is 0 Å². The fourth-order valence-corrected chi connectivity index (χ4v) is 2.75. The summed E-state index contributed by atoms with van der Waals surface area (Å²) in [6.07, 6.45) is 2.40. The maximum Gasteiger partial charge on any atom is 0.230 e. The zero-order chi connectivity index (χ0) is 14.5. The van der Waals surface area contributed by atoms with Gasteiger partial charge in [0.05, 0.1) is 13.2 Å². The van der Waals surface area contributed by atoms with E-state index in [2.05, 4.69) is 15.1 Å². The minimum atomic E-state index is 0.558. The van der Waals surface area contributed by atoms with Crippen LogP contribution in [0.4, 0.5) is 0 Å². The highest BCUT2D eigenvalue weighted by Crippen LogP contribution is 2.20. The SMILES string of the molecule is Cc1nnc(CN2CCCC(COc3ccccc3)C2)o1. The average molecular weight is 287 g/mol. The van der Waals surface area contributed by atoms with Crippen molar-refractivity contribution in [3.05, 3.63) is 42.1 Å². The van der Waals surface area contributed by atoms with E-state index in [0.717, 1.165) is 32.0 Å². The fourth-order valence-electron chi connectivity index (χ4n) is 2.75. The van der Waals surface area contributed by atoms with Gasteiger partial charge in [-0.15, -0.1) is 10.2 Å². The van der Waals surface area contributed by atoms with Gasteiger partial charge in [0.25, 0.3) is 0 Å². The average Bonchev–Trinajstić information content (AvgIpc) is 2.92. The van der Waals surface area contributed by atoms with Crippen LogP contribution in [0.3, 0.4) is 0 Å². The normalized spacial score (nSPS) is 19.6. The van der Waals surface area contributed by atoms with E-state index in [0.29, 0.717) is 17.7 Å². The molecule has 2 aromatic rings.